The van der Waals surface area contributed by atoms with Gasteiger partial charge in [0.15, 0.2) is 0 Å². The van der Waals surface area contributed by atoms with Crippen LogP contribution in [-0.4, -0.2) is 9.97 Å². The summed E-state index contributed by atoms with van der Waals surface area (Å²) < 4.78 is 0. The summed E-state index contributed by atoms with van der Waals surface area (Å²) in [6.07, 6.45) is 6.56. The molecule has 0 aliphatic heterocycles. The standard InChI is InChI=1S/C18H14ClN2/c19-16-9-6-15(7-10-16)18-14(4-3-13-21-18)8-11-17-5-1-2-12-20-17/h1-10,12-13H,11H2. The SMILES string of the molecule is Clc1ccc(-c2ncccc2[CH]Cc2ccccn2)cc1. The average molecular weight is 294 g/mol. The maximum Gasteiger partial charge on any atom is 0.0737 e. The normalized spacial score (nSPS) is 10.5. The van der Waals surface area contributed by atoms with Gasteiger partial charge in [0.25, 0.3) is 0 Å². The zero-order valence-electron chi connectivity index (χ0n) is 11.4. The number of nitrogens with zero attached hydrogens (tertiary/aromatic N) is 2. The van der Waals surface area contributed by atoms with E-state index >= 15 is 0 Å². The lowest BCUT2D eigenvalue weighted by Crippen LogP contribution is -1.95. The molecule has 3 heteroatoms. The first-order valence-corrected chi connectivity index (χ1v) is 7.15. The Bertz CT molecular complexity index is 709. The summed E-state index contributed by atoms with van der Waals surface area (Å²) in [5.74, 6) is 0. The van der Waals surface area contributed by atoms with Gasteiger partial charge in [-0.15, -0.1) is 0 Å². The summed E-state index contributed by atoms with van der Waals surface area (Å²) in [6, 6.07) is 17.7. The van der Waals surface area contributed by atoms with Crippen LogP contribution in [0.25, 0.3) is 11.3 Å². The van der Waals surface area contributed by atoms with Crippen LogP contribution in [-0.2, 0) is 6.42 Å². The fourth-order valence-corrected chi connectivity index (χ4v) is 2.29. The van der Waals surface area contributed by atoms with Crippen molar-refractivity contribution in [3.8, 4) is 11.3 Å². The van der Waals surface area contributed by atoms with Crippen molar-refractivity contribution >= 4 is 11.6 Å². The molecule has 0 atom stereocenters. The van der Waals surface area contributed by atoms with Crippen molar-refractivity contribution in [3.05, 3.63) is 89.7 Å². The maximum absolute atomic E-state index is 5.94. The van der Waals surface area contributed by atoms with Gasteiger partial charge in [-0.05, 0) is 48.7 Å². The third-order valence-corrected chi connectivity index (χ3v) is 3.47. The Morgan fingerprint density at radius 2 is 1.67 bits per heavy atom. The number of benzene rings is 1. The molecule has 3 aromatic rings. The molecule has 2 nitrogen and oxygen atoms in total. The minimum absolute atomic E-state index is 0.730. The zero-order valence-corrected chi connectivity index (χ0v) is 12.2. The molecule has 0 amide bonds. The van der Waals surface area contributed by atoms with E-state index in [-0.39, 0.29) is 0 Å². The van der Waals surface area contributed by atoms with E-state index in [1.165, 1.54) is 0 Å². The van der Waals surface area contributed by atoms with Gasteiger partial charge in [-0.25, -0.2) is 0 Å². The van der Waals surface area contributed by atoms with Gasteiger partial charge in [0.05, 0.1) is 5.69 Å². The quantitative estimate of drug-likeness (QED) is 0.703. The van der Waals surface area contributed by atoms with Gasteiger partial charge in [-0.3, -0.25) is 9.97 Å². The molecular formula is C18H14ClN2. The van der Waals surface area contributed by atoms with Crippen molar-refractivity contribution in [1.29, 1.82) is 0 Å². The Morgan fingerprint density at radius 3 is 2.43 bits per heavy atom. The van der Waals surface area contributed by atoms with Crippen LogP contribution in [0.5, 0.6) is 0 Å². The molecule has 0 saturated heterocycles. The van der Waals surface area contributed by atoms with Crippen LogP contribution in [0.1, 0.15) is 11.3 Å². The third-order valence-electron chi connectivity index (χ3n) is 3.21. The van der Waals surface area contributed by atoms with Crippen molar-refractivity contribution in [3.63, 3.8) is 0 Å². The second-order valence-corrected chi connectivity index (χ2v) is 5.11. The molecule has 2 aromatic heterocycles. The third kappa shape index (κ3) is 3.47. The van der Waals surface area contributed by atoms with E-state index < -0.39 is 0 Å². The predicted octanol–water partition coefficient (Wildman–Crippen LogP) is 4.59. The highest BCUT2D eigenvalue weighted by Crippen LogP contribution is 2.24. The van der Waals surface area contributed by atoms with Gasteiger partial charge in [0, 0.05) is 28.7 Å². The molecule has 0 unspecified atom stereocenters. The van der Waals surface area contributed by atoms with Crippen molar-refractivity contribution in [1.82, 2.24) is 9.97 Å². The predicted molar refractivity (Wildman–Crippen MR) is 86.0 cm³/mol. The highest BCUT2D eigenvalue weighted by Gasteiger charge is 2.07. The van der Waals surface area contributed by atoms with E-state index in [9.17, 15) is 0 Å². The van der Waals surface area contributed by atoms with E-state index in [4.69, 9.17) is 11.6 Å². The molecule has 3 rings (SSSR count). The van der Waals surface area contributed by atoms with E-state index in [0.717, 1.165) is 34.0 Å². The zero-order chi connectivity index (χ0) is 14.5. The van der Waals surface area contributed by atoms with E-state index in [1.54, 1.807) is 0 Å². The highest BCUT2D eigenvalue weighted by atomic mass is 35.5. The van der Waals surface area contributed by atoms with E-state index in [0.29, 0.717) is 0 Å². The van der Waals surface area contributed by atoms with Gasteiger partial charge in [0.2, 0.25) is 0 Å². The average Bonchev–Trinajstić information content (AvgIpc) is 2.55. The van der Waals surface area contributed by atoms with Gasteiger partial charge in [-0.2, -0.15) is 0 Å². The molecule has 0 aliphatic rings. The molecule has 21 heavy (non-hydrogen) atoms. The van der Waals surface area contributed by atoms with E-state index in [1.807, 2.05) is 60.9 Å². The highest BCUT2D eigenvalue weighted by molar-refractivity contribution is 6.30. The van der Waals surface area contributed by atoms with Crippen molar-refractivity contribution in [2.24, 2.45) is 0 Å². The molecule has 0 fully saturated rings. The molecule has 2 heterocycles. The number of rotatable bonds is 4. The minimum atomic E-state index is 0.730. The number of pyridine rings is 2. The Morgan fingerprint density at radius 1 is 0.857 bits per heavy atom. The van der Waals surface area contributed by atoms with Crippen LogP contribution in [0.15, 0.2) is 67.0 Å². The summed E-state index contributed by atoms with van der Waals surface area (Å²) in [4.78, 5) is 8.83. The first-order chi connectivity index (χ1) is 10.3. The smallest absolute Gasteiger partial charge is 0.0737 e. The molecule has 0 saturated carbocycles. The molecule has 1 aromatic carbocycles. The van der Waals surface area contributed by atoms with Crippen LogP contribution >= 0.6 is 11.6 Å². The second-order valence-electron chi connectivity index (χ2n) is 4.68. The largest absolute Gasteiger partial charge is 0.261 e. The first-order valence-electron chi connectivity index (χ1n) is 6.77. The van der Waals surface area contributed by atoms with Crippen LogP contribution < -0.4 is 0 Å². The van der Waals surface area contributed by atoms with Gasteiger partial charge in [0.1, 0.15) is 0 Å². The number of hydrogen-bond acceptors (Lipinski definition) is 2. The minimum Gasteiger partial charge on any atom is -0.261 e. The Hall–Kier alpha value is -2.19. The Kier molecular flexibility index (Phi) is 4.27. The summed E-state index contributed by atoms with van der Waals surface area (Å²) >= 11 is 5.94. The summed E-state index contributed by atoms with van der Waals surface area (Å²) in [5, 5.41) is 0.730. The van der Waals surface area contributed by atoms with Crippen LogP contribution in [0.2, 0.25) is 5.02 Å². The molecular weight excluding hydrogens is 280 g/mol. The lowest BCUT2D eigenvalue weighted by Gasteiger charge is -2.08. The van der Waals surface area contributed by atoms with Gasteiger partial charge < -0.3 is 0 Å². The lowest BCUT2D eigenvalue weighted by atomic mass is 10.0. The molecule has 1 radical (unpaired) electrons. The lowest BCUT2D eigenvalue weighted by molar-refractivity contribution is 1.05. The number of halogens is 1. The fourth-order valence-electron chi connectivity index (χ4n) is 2.16. The van der Waals surface area contributed by atoms with Crippen LogP contribution in [0, 0.1) is 6.42 Å². The Balaban J connectivity index is 1.84. The van der Waals surface area contributed by atoms with Gasteiger partial charge in [-0.1, -0.05) is 35.9 Å². The molecule has 0 N–H and O–H groups in total. The molecule has 0 spiro atoms. The maximum atomic E-state index is 5.94. The second kappa shape index (κ2) is 6.51. The summed E-state index contributed by atoms with van der Waals surface area (Å²) in [6.45, 7) is 0. The van der Waals surface area contributed by atoms with Crippen molar-refractivity contribution < 1.29 is 0 Å². The van der Waals surface area contributed by atoms with Crippen LogP contribution in [0.3, 0.4) is 0 Å². The number of aromatic nitrogens is 2. The topological polar surface area (TPSA) is 25.8 Å². The van der Waals surface area contributed by atoms with Crippen molar-refractivity contribution in [2.45, 2.75) is 6.42 Å². The summed E-state index contributed by atoms with van der Waals surface area (Å²) in [5.41, 5.74) is 4.17. The van der Waals surface area contributed by atoms with Crippen molar-refractivity contribution in [2.75, 3.05) is 0 Å². The fraction of sp³-hybridized carbons (Fsp3) is 0.0556. The number of hydrogen-bond donors (Lipinski definition) is 0. The summed E-state index contributed by atoms with van der Waals surface area (Å²) in [7, 11) is 0. The monoisotopic (exact) mass is 293 g/mol. The first kappa shape index (κ1) is 13.8. The van der Waals surface area contributed by atoms with E-state index in [2.05, 4.69) is 22.5 Å². The molecule has 0 bridgehead atoms. The molecule has 103 valence electrons. The van der Waals surface area contributed by atoms with Crippen LogP contribution in [0.4, 0.5) is 0 Å². The Labute approximate surface area is 129 Å². The van der Waals surface area contributed by atoms with Gasteiger partial charge >= 0.3 is 0 Å². The molecule has 0 aliphatic carbocycles.